The Morgan fingerprint density at radius 2 is 1.00 bits per heavy atom. The molecule has 12 nitrogen and oxygen atoms in total. The number of piperazine rings is 2. The van der Waals surface area contributed by atoms with Crippen LogP contribution in [0.3, 0.4) is 0 Å². The number of fused-ring (bicyclic) bond motifs is 2. The minimum atomic E-state index is -0.541. The van der Waals surface area contributed by atoms with E-state index in [-0.39, 0.29) is 26.9 Å². The first-order valence-corrected chi connectivity index (χ1v) is 23.1. The predicted molar refractivity (Wildman–Crippen MR) is 287 cm³/mol. The van der Waals surface area contributed by atoms with E-state index in [1.54, 1.807) is 22.2 Å². The number of nitrogens with zero attached hydrogens (tertiary/aromatic N) is 8. The summed E-state index contributed by atoms with van der Waals surface area (Å²) in [6, 6.07) is 27.1. The van der Waals surface area contributed by atoms with Crippen LogP contribution >= 0.6 is 58.0 Å². The molecule has 0 N–H and O–H groups in total. The molecule has 0 atom stereocenters. The van der Waals surface area contributed by atoms with Crippen molar-refractivity contribution in [3.8, 4) is 34.4 Å². The van der Waals surface area contributed by atoms with Gasteiger partial charge in [0.1, 0.15) is 17.7 Å². The lowest BCUT2D eigenvalue weighted by Gasteiger charge is -2.37. The Labute approximate surface area is 434 Å². The van der Waals surface area contributed by atoms with Crippen molar-refractivity contribution in [1.82, 2.24) is 19.8 Å². The van der Waals surface area contributed by atoms with Gasteiger partial charge in [-0.15, -0.1) is 0 Å². The van der Waals surface area contributed by atoms with Gasteiger partial charge in [-0.25, -0.2) is 4.79 Å². The molecule has 4 aromatic carbocycles. The quantitative estimate of drug-likeness (QED) is 0.117. The number of benzene rings is 4. The molecule has 2 amide bonds. The molecule has 70 heavy (non-hydrogen) atoms. The van der Waals surface area contributed by atoms with Gasteiger partial charge in [0.25, 0.3) is 0 Å². The summed E-state index contributed by atoms with van der Waals surface area (Å²) in [6.07, 6.45) is 5.21. The number of aromatic nitrogens is 2. The number of allylic oxidation sites excluding steroid dienone is 1. The van der Waals surface area contributed by atoms with Crippen molar-refractivity contribution < 1.29 is 19.1 Å². The maximum atomic E-state index is 12.5. The highest BCUT2D eigenvalue weighted by Gasteiger charge is 2.29. The second-order valence-electron chi connectivity index (χ2n) is 16.5. The van der Waals surface area contributed by atoms with Crippen LogP contribution in [0.2, 0.25) is 20.1 Å². The third-order valence-corrected chi connectivity index (χ3v) is 12.2. The number of pyridine rings is 2. The first-order valence-electron chi connectivity index (χ1n) is 21.2. The van der Waals surface area contributed by atoms with E-state index in [9.17, 15) is 24.9 Å². The molecule has 4 heterocycles. The van der Waals surface area contributed by atoms with Crippen molar-refractivity contribution in [2.45, 2.75) is 41.2 Å². The van der Waals surface area contributed by atoms with Gasteiger partial charge in [-0.2, -0.15) is 10.5 Å². The van der Waals surface area contributed by atoms with Gasteiger partial charge in [-0.3, -0.25) is 19.6 Å². The highest BCUT2D eigenvalue weighted by molar-refractivity contribution is 6.66. The van der Waals surface area contributed by atoms with Gasteiger partial charge in [0.15, 0.2) is 0 Å². The standard InChI is InChI=1S/C25H24Cl2N4O2.C23H18Cl2N4O.C3H3ClO.2CH4/c1-25(2,3)33-24(32)31-10-8-30(9-11-31)23-17(14-28)15-29-22-13-21(27)19(12-20(22)23)16-4-6-18(26)7-5-16;1-2-22(30)28-7-9-29(10-8-28)23-16(13-26)14-27-21-12-20(25)18(11-19(21)23)15-3-5-17(24)6-4-15;1-2-3(4)5;;/h4-7,12-13,15H,8-11H2,1-3H3;2-6,11-12,14H,1,7-10H2;2H,1H2;2*1H4. The normalized spacial score (nSPS) is 13.2. The SMILES string of the molecule is C.C.C=CC(=O)Cl.C=CC(=O)N1CCN(c2c(C#N)cnc3cc(Cl)c(-c4ccc(Cl)cc4)cc23)CC1.CC(C)(C)OC(=O)N1CCN(c2c(C#N)cnc3cc(Cl)c(-c4ccc(Cl)cc4)cc23)CC1. The van der Waals surface area contributed by atoms with Gasteiger partial charge in [-0.05, 0) is 104 Å². The molecule has 0 unspecified atom stereocenters. The van der Waals surface area contributed by atoms with Crippen molar-refractivity contribution in [1.29, 1.82) is 10.5 Å². The third kappa shape index (κ3) is 13.7. The zero-order valence-electron chi connectivity index (χ0n) is 37.4. The third-order valence-electron chi connectivity index (χ3n) is 10.9. The molecular formula is C53H53Cl5N8O4. The number of carbonyl (C=O) groups excluding carboxylic acids is 3. The monoisotopic (exact) mass is 1040 g/mol. The van der Waals surface area contributed by atoms with Crippen molar-refractivity contribution >= 4 is 108 Å². The summed E-state index contributed by atoms with van der Waals surface area (Å²) in [6.45, 7) is 16.7. The number of rotatable bonds is 6. The molecule has 17 heteroatoms. The summed E-state index contributed by atoms with van der Waals surface area (Å²) >= 11 is 29.9. The number of anilines is 2. The molecule has 0 radical (unpaired) electrons. The molecule has 364 valence electrons. The average Bonchev–Trinajstić information content (AvgIpc) is 3.33. The van der Waals surface area contributed by atoms with E-state index in [0.29, 0.717) is 89.1 Å². The van der Waals surface area contributed by atoms with Crippen LogP contribution < -0.4 is 9.80 Å². The minimum Gasteiger partial charge on any atom is -0.444 e. The fourth-order valence-corrected chi connectivity index (χ4v) is 8.45. The van der Waals surface area contributed by atoms with Gasteiger partial charge >= 0.3 is 6.09 Å². The number of hydrogen-bond donors (Lipinski definition) is 0. The maximum Gasteiger partial charge on any atom is 0.410 e. The number of halogens is 5. The van der Waals surface area contributed by atoms with E-state index in [4.69, 9.17) is 62.7 Å². The Hall–Kier alpha value is -6.38. The van der Waals surface area contributed by atoms with Crippen molar-refractivity contribution in [2.75, 3.05) is 62.2 Å². The highest BCUT2D eigenvalue weighted by atomic mass is 35.5. The van der Waals surface area contributed by atoms with Crippen LogP contribution in [0.4, 0.5) is 16.2 Å². The summed E-state index contributed by atoms with van der Waals surface area (Å²) < 4.78 is 5.50. The van der Waals surface area contributed by atoms with Gasteiger partial charge in [0.05, 0.1) is 43.6 Å². The second-order valence-corrected chi connectivity index (χ2v) is 18.5. The van der Waals surface area contributed by atoms with Crippen LogP contribution in [-0.2, 0) is 14.3 Å². The second kappa shape index (κ2) is 25.0. The molecule has 8 rings (SSSR count). The van der Waals surface area contributed by atoms with Crippen LogP contribution in [0, 0.1) is 22.7 Å². The Kier molecular flexibility index (Phi) is 20.0. The molecule has 0 aliphatic carbocycles. The lowest BCUT2D eigenvalue weighted by molar-refractivity contribution is -0.126. The van der Waals surface area contributed by atoms with Crippen LogP contribution in [0.5, 0.6) is 0 Å². The van der Waals surface area contributed by atoms with E-state index in [1.165, 1.54) is 6.08 Å². The first kappa shape index (κ1) is 56.2. The highest BCUT2D eigenvalue weighted by Crippen LogP contribution is 2.39. The molecule has 0 bridgehead atoms. The summed E-state index contributed by atoms with van der Waals surface area (Å²) in [5.41, 5.74) is 7.03. The van der Waals surface area contributed by atoms with Crippen LogP contribution in [0.15, 0.2) is 111 Å². The van der Waals surface area contributed by atoms with Crippen LogP contribution in [0.25, 0.3) is 44.1 Å². The molecule has 6 aromatic rings. The molecular weight excluding hydrogens is 990 g/mol. The van der Waals surface area contributed by atoms with Crippen LogP contribution in [0.1, 0.15) is 46.8 Å². The minimum absolute atomic E-state index is 0. The lowest BCUT2D eigenvalue weighted by Crippen LogP contribution is -2.50. The number of hydrogen-bond acceptors (Lipinski definition) is 10. The van der Waals surface area contributed by atoms with Crippen molar-refractivity contribution in [2.24, 2.45) is 0 Å². The topological polar surface area (TPSA) is 147 Å². The van der Waals surface area contributed by atoms with Crippen molar-refractivity contribution in [3.63, 3.8) is 0 Å². The smallest absolute Gasteiger partial charge is 0.410 e. The zero-order chi connectivity index (χ0) is 49.3. The molecule has 2 aliphatic rings. The Bertz CT molecular complexity index is 2970. The number of ether oxygens (including phenoxy) is 1. The number of nitriles is 2. The van der Waals surface area contributed by atoms with E-state index in [1.807, 2.05) is 93.6 Å². The zero-order valence-corrected chi connectivity index (χ0v) is 41.2. The summed E-state index contributed by atoms with van der Waals surface area (Å²) in [4.78, 5) is 50.5. The van der Waals surface area contributed by atoms with Crippen LogP contribution in [-0.4, -0.2) is 95.0 Å². The average molecular weight is 1040 g/mol. The Balaban J connectivity index is 0.000000271. The fourth-order valence-electron chi connectivity index (χ4n) is 7.66. The van der Waals surface area contributed by atoms with Gasteiger partial charge in [0.2, 0.25) is 11.1 Å². The lowest BCUT2D eigenvalue weighted by atomic mass is 10.0. The molecule has 2 fully saturated rings. The Morgan fingerprint density at radius 1 is 0.629 bits per heavy atom. The number of amides is 2. The van der Waals surface area contributed by atoms with Gasteiger partial charge < -0.3 is 24.3 Å². The van der Waals surface area contributed by atoms with E-state index >= 15 is 0 Å². The first-order chi connectivity index (χ1) is 32.4. The number of carbonyl (C=O) groups is 3. The van der Waals surface area contributed by atoms with E-state index in [2.05, 4.69) is 45.1 Å². The summed E-state index contributed by atoms with van der Waals surface area (Å²) in [5.74, 6) is -0.0773. The van der Waals surface area contributed by atoms with E-state index in [0.717, 1.165) is 56.0 Å². The molecule has 2 aliphatic heterocycles. The molecule has 0 saturated carbocycles. The van der Waals surface area contributed by atoms with Crippen molar-refractivity contribution in [3.05, 3.63) is 142 Å². The van der Waals surface area contributed by atoms with Gasteiger partial charge in [0, 0.05) is 96.7 Å². The summed E-state index contributed by atoms with van der Waals surface area (Å²) in [7, 11) is 0. The fraction of sp³-hybridized carbons (Fsp3) is 0.264. The largest absolute Gasteiger partial charge is 0.444 e. The predicted octanol–water partition coefficient (Wildman–Crippen LogP) is 13.3. The molecule has 2 saturated heterocycles. The van der Waals surface area contributed by atoms with Gasteiger partial charge in [-0.1, -0.05) is 98.7 Å². The maximum absolute atomic E-state index is 12.5. The molecule has 2 aromatic heterocycles. The molecule has 0 spiro atoms. The summed E-state index contributed by atoms with van der Waals surface area (Å²) in [5, 5.41) is 23.2. The van der Waals surface area contributed by atoms with E-state index < -0.39 is 10.8 Å². The Morgan fingerprint density at radius 3 is 1.33 bits per heavy atom.